The topological polar surface area (TPSA) is 66.4 Å². The molecule has 0 atom stereocenters. The number of benzene rings is 2. The van der Waals surface area contributed by atoms with E-state index in [4.69, 9.17) is 9.47 Å². The lowest BCUT2D eigenvalue weighted by molar-refractivity contribution is -0.122. The van der Waals surface area contributed by atoms with Crippen molar-refractivity contribution in [2.24, 2.45) is 5.10 Å². The second kappa shape index (κ2) is 10.6. The largest absolute Gasteiger partial charge is 0.493 e. The van der Waals surface area contributed by atoms with Gasteiger partial charge in [-0.1, -0.05) is 36.4 Å². The van der Waals surface area contributed by atoms with Gasteiger partial charge in [-0.3, -0.25) is 14.6 Å². The van der Waals surface area contributed by atoms with Crippen LogP contribution in [-0.4, -0.2) is 68.9 Å². The molecule has 0 aliphatic carbocycles. The van der Waals surface area contributed by atoms with Crippen molar-refractivity contribution in [1.82, 2.24) is 15.2 Å². The minimum Gasteiger partial charge on any atom is -0.493 e. The van der Waals surface area contributed by atoms with Gasteiger partial charge >= 0.3 is 0 Å². The highest BCUT2D eigenvalue weighted by Crippen LogP contribution is 2.29. The first kappa shape index (κ1) is 20.8. The van der Waals surface area contributed by atoms with Gasteiger partial charge in [0, 0.05) is 38.3 Å². The molecular formula is C22H28N4O3. The van der Waals surface area contributed by atoms with Gasteiger partial charge in [0.15, 0.2) is 11.5 Å². The Morgan fingerprint density at radius 1 is 1.00 bits per heavy atom. The Labute approximate surface area is 171 Å². The van der Waals surface area contributed by atoms with Crippen LogP contribution >= 0.6 is 0 Å². The lowest BCUT2D eigenvalue weighted by Gasteiger charge is -2.34. The van der Waals surface area contributed by atoms with E-state index in [1.165, 1.54) is 5.56 Å². The zero-order chi connectivity index (χ0) is 20.5. The lowest BCUT2D eigenvalue weighted by Crippen LogP contribution is -2.48. The highest BCUT2D eigenvalue weighted by molar-refractivity contribution is 5.86. The molecule has 1 aliphatic rings. The van der Waals surface area contributed by atoms with Crippen LogP contribution in [0.2, 0.25) is 0 Å². The summed E-state index contributed by atoms with van der Waals surface area (Å²) in [6.07, 6.45) is 1.57. The molecule has 1 saturated heterocycles. The second-order valence-electron chi connectivity index (χ2n) is 6.91. The Morgan fingerprint density at radius 3 is 2.41 bits per heavy atom. The average Bonchev–Trinajstić information content (AvgIpc) is 2.75. The fourth-order valence-electron chi connectivity index (χ4n) is 3.37. The molecule has 0 unspecified atom stereocenters. The maximum absolute atomic E-state index is 12.2. The average molecular weight is 396 g/mol. The van der Waals surface area contributed by atoms with Crippen molar-refractivity contribution < 1.29 is 14.3 Å². The van der Waals surface area contributed by atoms with E-state index in [1.807, 2.05) is 24.3 Å². The molecular weight excluding hydrogens is 368 g/mol. The Kier molecular flexibility index (Phi) is 7.61. The molecule has 154 valence electrons. The van der Waals surface area contributed by atoms with Crippen molar-refractivity contribution in [3.8, 4) is 11.5 Å². The molecule has 2 aromatic carbocycles. The minimum atomic E-state index is -0.125. The summed E-state index contributed by atoms with van der Waals surface area (Å²) in [5.74, 6) is 1.08. The molecule has 29 heavy (non-hydrogen) atoms. The molecule has 0 aromatic heterocycles. The van der Waals surface area contributed by atoms with Gasteiger partial charge < -0.3 is 9.47 Å². The predicted molar refractivity (Wildman–Crippen MR) is 113 cm³/mol. The van der Waals surface area contributed by atoms with Crippen molar-refractivity contribution in [2.45, 2.75) is 6.54 Å². The Hall–Kier alpha value is -2.90. The highest BCUT2D eigenvalue weighted by atomic mass is 16.5. The standard InChI is InChI=1S/C22H28N4O3/c1-28-20-10-6-9-19(22(20)29-2)15-23-24-21(27)17-26-13-11-25(12-14-26)16-18-7-4-3-5-8-18/h3-10,15H,11-14,16-17H2,1-2H3,(H,24,27)/b23-15+. The van der Waals surface area contributed by atoms with Crippen LogP contribution in [0.25, 0.3) is 0 Å². The second-order valence-corrected chi connectivity index (χ2v) is 6.91. The monoisotopic (exact) mass is 396 g/mol. The van der Waals surface area contributed by atoms with Gasteiger partial charge in [-0.05, 0) is 17.7 Å². The summed E-state index contributed by atoms with van der Waals surface area (Å²) in [6.45, 7) is 4.93. The van der Waals surface area contributed by atoms with Gasteiger partial charge in [-0.2, -0.15) is 5.10 Å². The molecule has 1 fully saturated rings. The van der Waals surface area contributed by atoms with Crippen LogP contribution in [0.4, 0.5) is 0 Å². The third-order valence-electron chi connectivity index (χ3n) is 4.91. The molecule has 1 N–H and O–H groups in total. The maximum Gasteiger partial charge on any atom is 0.254 e. The molecule has 2 aromatic rings. The number of nitrogens with one attached hydrogen (secondary N) is 1. The zero-order valence-electron chi connectivity index (χ0n) is 17.0. The number of hydrogen-bond acceptors (Lipinski definition) is 6. The summed E-state index contributed by atoms with van der Waals surface area (Å²) in [7, 11) is 3.16. The quantitative estimate of drug-likeness (QED) is 0.546. The first-order valence-corrected chi connectivity index (χ1v) is 9.71. The Balaban J connectivity index is 1.43. The smallest absolute Gasteiger partial charge is 0.254 e. The number of hydrazone groups is 1. The van der Waals surface area contributed by atoms with Crippen molar-refractivity contribution in [3.63, 3.8) is 0 Å². The van der Waals surface area contributed by atoms with Gasteiger partial charge in [0.25, 0.3) is 5.91 Å². The van der Waals surface area contributed by atoms with Crippen LogP contribution < -0.4 is 14.9 Å². The Morgan fingerprint density at radius 2 is 1.72 bits per heavy atom. The van der Waals surface area contributed by atoms with Gasteiger partial charge in [0.2, 0.25) is 0 Å². The summed E-state index contributed by atoms with van der Waals surface area (Å²) >= 11 is 0. The summed E-state index contributed by atoms with van der Waals surface area (Å²) in [4.78, 5) is 16.8. The van der Waals surface area contributed by atoms with Crippen LogP contribution in [0, 0.1) is 0 Å². The number of rotatable bonds is 8. The lowest BCUT2D eigenvalue weighted by atomic mass is 10.2. The van der Waals surface area contributed by atoms with Crippen LogP contribution in [0.3, 0.4) is 0 Å². The predicted octanol–water partition coefficient (Wildman–Crippen LogP) is 1.97. The van der Waals surface area contributed by atoms with E-state index >= 15 is 0 Å². The highest BCUT2D eigenvalue weighted by Gasteiger charge is 2.18. The number of amides is 1. The van der Waals surface area contributed by atoms with Gasteiger partial charge in [0.05, 0.1) is 27.0 Å². The summed E-state index contributed by atoms with van der Waals surface area (Å²) in [6, 6.07) is 16.0. The van der Waals surface area contributed by atoms with Gasteiger partial charge in [-0.15, -0.1) is 0 Å². The third-order valence-corrected chi connectivity index (χ3v) is 4.91. The SMILES string of the molecule is COc1cccc(/C=N/NC(=O)CN2CCN(Cc3ccccc3)CC2)c1OC. The van der Waals surface area contributed by atoms with Crippen LogP contribution in [0.5, 0.6) is 11.5 Å². The fraction of sp³-hybridized carbons (Fsp3) is 0.364. The molecule has 7 heteroatoms. The number of nitrogens with zero attached hydrogens (tertiary/aromatic N) is 3. The number of hydrogen-bond donors (Lipinski definition) is 1. The molecule has 3 rings (SSSR count). The summed E-state index contributed by atoms with van der Waals surface area (Å²) in [5.41, 5.74) is 4.66. The van der Waals surface area contributed by atoms with Crippen molar-refractivity contribution in [2.75, 3.05) is 46.9 Å². The van der Waals surface area contributed by atoms with E-state index < -0.39 is 0 Å². The summed E-state index contributed by atoms with van der Waals surface area (Å²) in [5, 5.41) is 4.06. The van der Waals surface area contributed by atoms with Gasteiger partial charge in [0.1, 0.15) is 0 Å². The molecule has 7 nitrogen and oxygen atoms in total. The van der Waals surface area contributed by atoms with E-state index in [0.29, 0.717) is 18.0 Å². The van der Waals surface area contributed by atoms with Gasteiger partial charge in [-0.25, -0.2) is 5.43 Å². The van der Waals surface area contributed by atoms with Crippen LogP contribution in [0.15, 0.2) is 53.6 Å². The Bertz CT molecular complexity index is 818. The number of ether oxygens (including phenoxy) is 2. The molecule has 0 spiro atoms. The zero-order valence-corrected chi connectivity index (χ0v) is 17.0. The van der Waals surface area contributed by atoms with E-state index in [1.54, 1.807) is 20.4 Å². The number of methoxy groups -OCH3 is 2. The number of carbonyl (C=O) groups excluding carboxylic acids is 1. The van der Waals surface area contributed by atoms with Crippen molar-refractivity contribution in [3.05, 3.63) is 59.7 Å². The molecule has 0 saturated carbocycles. The van der Waals surface area contributed by atoms with Crippen LogP contribution in [-0.2, 0) is 11.3 Å². The first-order valence-electron chi connectivity index (χ1n) is 9.71. The molecule has 1 heterocycles. The summed E-state index contributed by atoms with van der Waals surface area (Å²) < 4.78 is 10.6. The molecule has 1 aliphatic heterocycles. The number of piperazine rings is 1. The first-order chi connectivity index (χ1) is 14.2. The van der Waals surface area contributed by atoms with Crippen molar-refractivity contribution in [1.29, 1.82) is 0 Å². The fourth-order valence-corrected chi connectivity index (χ4v) is 3.37. The van der Waals surface area contributed by atoms with E-state index in [0.717, 1.165) is 38.3 Å². The molecule has 0 radical (unpaired) electrons. The number of carbonyl (C=O) groups is 1. The van der Waals surface area contributed by atoms with Crippen LogP contribution in [0.1, 0.15) is 11.1 Å². The molecule has 0 bridgehead atoms. The normalized spacial score (nSPS) is 15.4. The minimum absolute atomic E-state index is 0.125. The van der Waals surface area contributed by atoms with E-state index in [9.17, 15) is 4.79 Å². The maximum atomic E-state index is 12.2. The molecule has 1 amide bonds. The third kappa shape index (κ3) is 6.04. The van der Waals surface area contributed by atoms with E-state index in [2.05, 4.69) is 44.6 Å². The van der Waals surface area contributed by atoms with E-state index in [-0.39, 0.29) is 5.91 Å². The van der Waals surface area contributed by atoms with Crippen molar-refractivity contribution >= 4 is 12.1 Å². The number of para-hydroxylation sites is 1.